The Hall–Kier alpha value is -2.01. The van der Waals surface area contributed by atoms with E-state index >= 15 is 0 Å². The monoisotopic (exact) mass is 306 g/mol. The third-order valence-corrected chi connectivity index (χ3v) is 3.04. The van der Waals surface area contributed by atoms with Gasteiger partial charge in [-0.15, -0.1) is 0 Å². The maximum Gasteiger partial charge on any atom is 0.255 e. The molecule has 0 spiro atoms. The highest BCUT2D eigenvalue weighted by molar-refractivity contribution is 9.10. The number of nitrogens with two attached hydrogens (primary N) is 1. The predicted molar refractivity (Wildman–Crippen MR) is 74.6 cm³/mol. The van der Waals surface area contributed by atoms with Crippen molar-refractivity contribution in [1.29, 1.82) is 0 Å². The first-order chi connectivity index (χ1) is 8.56. The largest absolute Gasteiger partial charge is 0.508 e. The molecule has 5 heteroatoms. The van der Waals surface area contributed by atoms with E-state index in [1.54, 1.807) is 30.3 Å². The summed E-state index contributed by atoms with van der Waals surface area (Å²) in [6, 6.07) is 11.3. The number of amides is 1. The van der Waals surface area contributed by atoms with Crippen LogP contribution in [-0.2, 0) is 0 Å². The van der Waals surface area contributed by atoms with E-state index in [0.29, 0.717) is 16.9 Å². The average molecular weight is 307 g/mol. The van der Waals surface area contributed by atoms with Gasteiger partial charge in [0.1, 0.15) is 5.75 Å². The molecule has 0 saturated heterocycles. The first-order valence-corrected chi connectivity index (χ1v) is 6.01. The molecule has 1 amide bonds. The highest BCUT2D eigenvalue weighted by atomic mass is 79.9. The Morgan fingerprint density at radius 1 is 1.22 bits per heavy atom. The van der Waals surface area contributed by atoms with Gasteiger partial charge >= 0.3 is 0 Å². The molecule has 0 aromatic heterocycles. The highest BCUT2D eigenvalue weighted by Gasteiger charge is 2.09. The molecule has 2 aromatic rings. The van der Waals surface area contributed by atoms with Crippen molar-refractivity contribution < 1.29 is 9.90 Å². The molecule has 0 unspecified atom stereocenters. The molecular weight excluding hydrogens is 296 g/mol. The van der Waals surface area contributed by atoms with Crippen LogP contribution in [0.15, 0.2) is 46.9 Å². The molecular formula is C13H11BrN2O2. The van der Waals surface area contributed by atoms with Crippen LogP contribution in [0, 0.1) is 0 Å². The summed E-state index contributed by atoms with van der Waals surface area (Å²) in [7, 11) is 0. The SMILES string of the molecule is Nc1ccc(Br)c(NC(=O)c2cccc(O)c2)c1. The Morgan fingerprint density at radius 3 is 2.72 bits per heavy atom. The fourth-order valence-electron chi connectivity index (χ4n) is 1.48. The van der Waals surface area contributed by atoms with Gasteiger partial charge in [-0.2, -0.15) is 0 Å². The fraction of sp³-hybridized carbons (Fsp3) is 0. The van der Waals surface area contributed by atoms with E-state index in [4.69, 9.17) is 5.73 Å². The Balaban J connectivity index is 2.24. The number of hydrogen-bond donors (Lipinski definition) is 3. The van der Waals surface area contributed by atoms with Gasteiger partial charge in [-0.3, -0.25) is 4.79 Å². The minimum Gasteiger partial charge on any atom is -0.508 e. The number of benzene rings is 2. The van der Waals surface area contributed by atoms with E-state index in [1.165, 1.54) is 12.1 Å². The van der Waals surface area contributed by atoms with Gasteiger partial charge in [-0.25, -0.2) is 0 Å². The van der Waals surface area contributed by atoms with Crippen LogP contribution in [0.25, 0.3) is 0 Å². The van der Waals surface area contributed by atoms with Crippen molar-refractivity contribution in [1.82, 2.24) is 0 Å². The first-order valence-electron chi connectivity index (χ1n) is 5.21. The standard InChI is InChI=1S/C13H11BrN2O2/c14-11-5-4-9(15)7-12(11)16-13(18)8-2-1-3-10(17)6-8/h1-7,17H,15H2,(H,16,18). The topological polar surface area (TPSA) is 75.3 Å². The van der Waals surface area contributed by atoms with E-state index in [2.05, 4.69) is 21.2 Å². The minimum atomic E-state index is -0.308. The zero-order valence-electron chi connectivity index (χ0n) is 9.35. The van der Waals surface area contributed by atoms with Crippen molar-refractivity contribution in [3.05, 3.63) is 52.5 Å². The average Bonchev–Trinajstić information content (AvgIpc) is 2.34. The van der Waals surface area contributed by atoms with Crippen molar-refractivity contribution in [3.8, 4) is 5.75 Å². The quantitative estimate of drug-likeness (QED) is 0.747. The van der Waals surface area contributed by atoms with E-state index in [1.807, 2.05) is 0 Å². The van der Waals surface area contributed by atoms with Crippen LogP contribution in [0.2, 0.25) is 0 Å². The van der Waals surface area contributed by atoms with Crippen molar-refractivity contribution >= 4 is 33.2 Å². The molecule has 4 nitrogen and oxygen atoms in total. The third kappa shape index (κ3) is 2.81. The number of phenolic OH excluding ortho intramolecular Hbond substituents is 1. The minimum absolute atomic E-state index is 0.0503. The van der Waals surface area contributed by atoms with Crippen molar-refractivity contribution in [2.45, 2.75) is 0 Å². The summed E-state index contributed by atoms with van der Waals surface area (Å²) in [4.78, 5) is 11.9. The highest BCUT2D eigenvalue weighted by Crippen LogP contribution is 2.25. The maximum atomic E-state index is 11.9. The maximum absolute atomic E-state index is 11.9. The summed E-state index contributed by atoms with van der Waals surface area (Å²) in [6.45, 7) is 0. The molecule has 0 aliphatic rings. The molecule has 92 valence electrons. The lowest BCUT2D eigenvalue weighted by molar-refractivity contribution is 0.102. The summed E-state index contributed by atoms with van der Waals surface area (Å²) >= 11 is 3.33. The predicted octanol–water partition coefficient (Wildman–Crippen LogP) is 2.99. The van der Waals surface area contributed by atoms with Crippen molar-refractivity contribution in [3.63, 3.8) is 0 Å². The summed E-state index contributed by atoms with van der Waals surface area (Å²) in [6.07, 6.45) is 0. The van der Waals surface area contributed by atoms with Gasteiger partial charge < -0.3 is 16.2 Å². The molecule has 0 atom stereocenters. The van der Waals surface area contributed by atoms with E-state index in [9.17, 15) is 9.90 Å². The van der Waals surface area contributed by atoms with Gasteiger partial charge in [0.25, 0.3) is 5.91 Å². The molecule has 0 bridgehead atoms. The van der Waals surface area contributed by atoms with Crippen LogP contribution in [0.5, 0.6) is 5.75 Å². The van der Waals surface area contributed by atoms with Crippen LogP contribution in [0.1, 0.15) is 10.4 Å². The van der Waals surface area contributed by atoms with Gasteiger partial charge in [-0.05, 0) is 52.3 Å². The Morgan fingerprint density at radius 2 is 2.00 bits per heavy atom. The summed E-state index contributed by atoms with van der Waals surface area (Å²) in [5.41, 5.74) is 7.18. The smallest absolute Gasteiger partial charge is 0.255 e. The Labute approximate surface area is 113 Å². The number of carbonyl (C=O) groups is 1. The van der Waals surface area contributed by atoms with Crippen molar-refractivity contribution in [2.75, 3.05) is 11.1 Å². The second-order valence-electron chi connectivity index (χ2n) is 3.74. The van der Waals surface area contributed by atoms with Crippen LogP contribution < -0.4 is 11.1 Å². The third-order valence-electron chi connectivity index (χ3n) is 2.35. The normalized spacial score (nSPS) is 10.1. The van der Waals surface area contributed by atoms with Crippen LogP contribution >= 0.6 is 15.9 Å². The Kier molecular flexibility index (Phi) is 3.53. The number of hydrogen-bond acceptors (Lipinski definition) is 3. The zero-order chi connectivity index (χ0) is 13.1. The molecule has 0 saturated carbocycles. The van der Waals surface area contributed by atoms with Crippen molar-refractivity contribution in [2.24, 2.45) is 0 Å². The number of carbonyl (C=O) groups excluding carboxylic acids is 1. The molecule has 18 heavy (non-hydrogen) atoms. The van der Waals surface area contributed by atoms with E-state index in [-0.39, 0.29) is 11.7 Å². The van der Waals surface area contributed by atoms with Crippen LogP contribution in [-0.4, -0.2) is 11.0 Å². The van der Waals surface area contributed by atoms with Gasteiger partial charge in [0.15, 0.2) is 0 Å². The molecule has 4 N–H and O–H groups in total. The molecule has 0 aliphatic carbocycles. The summed E-state index contributed by atoms with van der Waals surface area (Å²) in [5, 5.41) is 12.0. The number of rotatable bonds is 2. The number of phenols is 1. The number of anilines is 2. The van der Waals surface area contributed by atoms with Gasteiger partial charge in [0.05, 0.1) is 5.69 Å². The molecule has 0 fully saturated rings. The van der Waals surface area contributed by atoms with Gasteiger partial charge in [0, 0.05) is 15.7 Å². The number of nitrogens with one attached hydrogen (secondary N) is 1. The van der Waals surface area contributed by atoms with Crippen LogP contribution in [0.4, 0.5) is 11.4 Å². The van der Waals surface area contributed by atoms with E-state index in [0.717, 1.165) is 4.47 Å². The number of halogens is 1. The summed E-state index contributed by atoms with van der Waals surface area (Å²) < 4.78 is 0.741. The molecule has 0 radical (unpaired) electrons. The Bertz CT molecular complexity index is 599. The molecule has 2 aromatic carbocycles. The zero-order valence-corrected chi connectivity index (χ0v) is 10.9. The first kappa shape index (κ1) is 12.4. The lowest BCUT2D eigenvalue weighted by Crippen LogP contribution is -2.12. The van der Waals surface area contributed by atoms with E-state index < -0.39 is 0 Å². The number of nitrogen functional groups attached to an aromatic ring is 1. The lowest BCUT2D eigenvalue weighted by atomic mass is 10.2. The molecule has 0 aliphatic heterocycles. The fourth-order valence-corrected chi connectivity index (χ4v) is 1.83. The van der Waals surface area contributed by atoms with Gasteiger partial charge in [-0.1, -0.05) is 6.07 Å². The molecule has 0 heterocycles. The second-order valence-corrected chi connectivity index (χ2v) is 4.60. The second kappa shape index (κ2) is 5.10. The van der Waals surface area contributed by atoms with Gasteiger partial charge in [0.2, 0.25) is 0 Å². The lowest BCUT2D eigenvalue weighted by Gasteiger charge is -2.08. The van der Waals surface area contributed by atoms with Crippen LogP contribution in [0.3, 0.4) is 0 Å². The summed E-state index contributed by atoms with van der Waals surface area (Å²) in [5.74, 6) is -0.258. The number of aromatic hydroxyl groups is 1. The molecule has 2 rings (SSSR count).